The van der Waals surface area contributed by atoms with Gasteiger partial charge < -0.3 is 39.0 Å². The van der Waals surface area contributed by atoms with Crippen LogP contribution in [0.15, 0.2) is 51.7 Å². The van der Waals surface area contributed by atoms with Crippen LogP contribution in [0, 0.1) is 0 Å². The van der Waals surface area contributed by atoms with E-state index in [0.717, 1.165) is 57.8 Å². The molecule has 6 rings (SSSR count). The van der Waals surface area contributed by atoms with Gasteiger partial charge in [0.05, 0.1) is 12.5 Å². The Morgan fingerprint density at radius 3 is 2.12 bits per heavy atom. The van der Waals surface area contributed by atoms with E-state index in [4.69, 9.17) is 9.15 Å². The van der Waals surface area contributed by atoms with Crippen molar-refractivity contribution in [1.29, 1.82) is 0 Å². The standard InChI is InChI=1S/C31H38N6O5/c1-33-13-15-35(16-14-33)27-28(38)25-21-24(41-2)9-10-26(25)42-29(27)30(39)32-22-5-7-23(8-6-22)34-17-19-37(20-18-34)31(40)36-11-3-4-12-36/h5-10,21H,3-4,11-20H2,1-2H3,(H,32,39). The summed E-state index contributed by atoms with van der Waals surface area (Å²) in [4.78, 5) is 50.3. The molecule has 2 aromatic carbocycles. The van der Waals surface area contributed by atoms with E-state index >= 15 is 0 Å². The molecule has 1 N–H and O–H groups in total. The summed E-state index contributed by atoms with van der Waals surface area (Å²) in [5, 5.41) is 3.31. The number of ether oxygens (including phenoxy) is 1. The number of urea groups is 1. The van der Waals surface area contributed by atoms with Gasteiger partial charge in [-0.2, -0.15) is 0 Å². The van der Waals surface area contributed by atoms with Crippen molar-refractivity contribution in [3.05, 3.63) is 58.4 Å². The Morgan fingerprint density at radius 2 is 1.45 bits per heavy atom. The van der Waals surface area contributed by atoms with Crippen molar-refractivity contribution >= 4 is 40.0 Å². The van der Waals surface area contributed by atoms with Gasteiger partial charge in [-0.1, -0.05) is 0 Å². The van der Waals surface area contributed by atoms with Crippen molar-refractivity contribution in [3.8, 4) is 5.75 Å². The minimum atomic E-state index is -0.472. The van der Waals surface area contributed by atoms with E-state index < -0.39 is 5.91 Å². The maximum atomic E-state index is 13.7. The molecule has 3 aromatic rings. The summed E-state index contributed by atoms with van der Waals surface area (Å²) in [6.45, 7) is 7.40. The number of methoxy groups -OCH3 is 1. The summed E-state index contributed by atoms with van der Waals surface area (Å²) < 4.78 is 11.4. The number of hydrogen-bond donors (Lipinski definition) is 1. The Bertz CT molecular complexity index is 1500. The largest absolute Gasteiger partial charge is 0.497 e. The van der Waals surface area contributed by atoms with Crippen LogP contribution in [0.1, 0.15) is 23.4 Å². The molecule has 222 valence electrons. The lowest BCUT2D eigenvalue weighted by Crippen LogP contribution is -2.52. The van der Waals surface area contributed by atoms with E-state index in [1.807, 2.05) is 46.0 Å². The van der Waals surface area contributed by atoms with Crippen LogP contribution in [0.4, 0.5) is 21.9 Å². The zero-order valence-corrected chi connectivity index (χ0v) is 24.3. The molecule has 3 saturated heterocycles. The first-order valence-corrected chi connectivity index (χ1v) is 14.7. The summed E-state index contributed by atoms with van der Waals surface area (Å²) in [6.07, 6.45) is 2.18. The zero-order valence-electron chi connectivity index (χ0n) is 24.3. The summed E-state index contributed by atoms with van der Waals surface area (Å²) in [5.41, 5.74) is 2.00. The van der Waals surface area contributed by atoms with Crippen LogP contribution in [0.3, 0.4) is 0 Å². The Balaban J connectivity index is 1.18. The maximum absolute atomic E-state index is 13.7. The van der Waals surface area contributed by atoms with Crippen molar-refractivity contribution in [2.75, 3.05) is 94.7 Å². The number of likely N-dealkylation sites (tertiary alicyclic amines) is 1. The monoisotopic (exact) mass is 574 g/mol. The SMILES string of the molecule is COc1ccc2oc(C(=O)Nc3ccc(N4CCN(C(=O)N5CCCC5)CC4)cc3)c(N3CCN(C)CC3)c(=O)c2c1. The van der Waals surface area contributed by atoms with E-state index in [1.54, 1.807) is 25.3 Å². The highest BCUT2D eigenvalue weighted by atomic mass is 16.5. The highest BCUT2D eigenvalue weighted by Gasteiger charge is 2.29. The average molecular weight is 575 g/mol. The molecule has 1 aromatic heterocycles. The minimum Gasteiger partial charge on any atom is -0.497 e. The molecule has 11 heteroatoms. The van der Waals surface area contributed by atoms with Crippen molar-refractivity contribution in [2.24, 2.45) is 0 Å². The smallest absolute Gasteiger partial charge is 0.320 e. The Morgan fingerprint density at radius 1 is 0.810 bits per heavy atom. The van der Waals surface area contributed by atoms with E-state index in [1.165, 1.54) is 0 Å². The predicted molar refractivity (Wildman–Crippen MR) is 163 cm³/mol. The molecule has 4 heterocycles. The van der Waals surface area contributed by atoms with Gasteiger partial charge in [0.25, 0.3) is 5.91 Å². The molecule has 3 fully saturated rings. The Labute approximate surface area is 245 Å². The molecule has 0 saturated carbocycles. The topological polar surface area (TPSA) is 102 Å². The number of nitrogens with one attached hydrogen (secondary N) is 1. The van der Waals surface area contributed by atoms with E-state index in [9.17, 15) is 14.4 Å². The lowest BCUT2D eigenvalue weighted by molar-refractivity contribution is 0.0997. The Hall–Kier alpha value is -4.25. The first-order chi connectivity index (χ1) is 20.4. The number of nitrogens with zero attached hydrogens (tertiary/aromatic N) is 5. The molecule has 11 nitrogen and oxygen atoms in total. The van der Waals surface area contributed by atoms with Crippen LogP contribution in [-0.2, 0) is 0 Å². The molecule has 3 aliphatic heterocycles. The van der Waals surface area contributed by atoms with Gasteiger partial charge >= 0.3 is 6.03 Å². The van der Waals surface area contributed by atoms with Crippen LogP contribution in [0.25, 0.3) is 11.0 Å². The predicted octanol–water partition coefficient (Wildman–Crippen LogP) is 3.14. The molecule has 0 atom stereocenters. The zero-order chi connectivity index (χ0) is 29.2. The van der Waals surface area contributed by atoms with Crippen molar-refractivity contribution in [3.63, 3.8) is 0 Å². The normalized spacial score (nSPS) is 18.0. The molecule has 42 heavy (non-hydrogen) atoms. The number of piperazine rings is 2. The summed E-state index contributed by atoms with van der Waals surface area (Å²) in [7, 11) is 3.59. The van der Waals surface area contributed by atoms with E-state index in [2.05, 4.69) is 15.1 Å². The second-order valence-electron chi connectivity index (χ2n) is 11.2. The minimum absolute atomic E-state index is 0.00471. The number of carbonyl (C=O) groups is 2. The van der Waals surface area contributed by atoms with E-state index in [-0.39, 0.29) is 22.9 Å². The molecule has 0 bridgehead atoms. The number of amides is 3. The fourth-order valence-electron chi connectivity index (χ4n) is 5.97. The van der Waals surface area contributed by atoms with Crippen molar-refractivity contribution in [1.82, 2.24) is 14.7 Å². The first-order valence-electron chi connectivity index (χ1n) is 14.7. The highest BCUT2D eigenvalue weighted by molar-refractivity contribution is 6.07. The van der Waals surface area contributed by atoms with Crippen LogP contribution >= 0.6 is 0 Å². The molecule has 0 spiro atoms. The molecular formula is C31H38N6O5. The number of hydrogen-bond acceptors (Lipinski definition) is 8. The van der Waals surface area contributed by atoms with Gasteiger partial charge in [0.2, 0.25) is 11.2 Å². The van der Waals surface area contributed by atoms with Crippen LogP contribution in [0.5, 0.6) is 5.75 Å². The second-order valence-corrected chi connectivity index (χ2v) is 11.2. The second kappa shape index (κ2) is 11.9. The van der Waals surface area contributed by atoms with Crippen molar-refractivity contribution < 1.29 is 18.7 Å². The number of carbonyl (C=O) groups excluding carboxylic acids is 2. The van der Waals surface area contributed by atoms with Gasteiger partial charge in [-0.3, -0.25) is 9.59 Å². The van der Waals surface area contributed by atoms with Gasteiger partial charge in [0.15, 0.2) is 0 Å². The number of fused-ring (bicyclic) bond motifs is 1. The fraction of sp³-hybridized carbons (Fsp3) is 0.452. The maximum Gasteiger partial charge on any atom is 0.320 e. The summed E-state index contributed by atoms with van der Waals surface area (Å²) in [6, 6.07) is 12.8. The third-order valence-corrected chi connectivity index (χ3v) is 8.52. The van der Waals surface area contributed by atoms with Gasteiger partial charge in [-0.25, -0.2) is 4.79 Å². The molecule has 3 amide bonds. The van der Waals surface area contributed by atoms with Crippen molar-refractivity contribution in [2.45, 2.75) is 12.8 Å². The first kappa shape index (κ1) is 27.9. The number of likely N-dealkylation sites (N-methyl/N-ethyl adjacent to an activating group) is 1. The number of benzene rings is 2. The molecule has 3 aliphatic rings. The molecular weight excluding hydrogens is 536 g/mol. The molecule has 0 unspecified atom stereocenters. The summed E-state index contributed by atoms with van der Waals surface area (Å²) >= 11 is 0. The fourth-order valence-corrected chi connectivity index (χ4v) is 5.97. The van der Waals surface area contributed by atoms with Gasteiger partial charge in [0.1, 0.15) is 17.0 Å². The third kappa shape index (κ3) is 5.61. The van der Waals surface area contributed by atoms with E-state index in [0.29, 0.717) is 48.6 Å². The molecule has 0 aliphatic carbocycles. The van der Waals surface area contributed by atoms with Gasteiger partial charge in [-0.05, 0) is 62.4 Å². The number of anilines is 3. The average Bonchev–Trinajstić information content (AvgIpc) is 3.57. The lowest BCUT2D eigenvalue weighted by Gasteiger charge is -2.37. The third-order valence-electron chi connectivity index (χ3n) is 8.52. The van der Waals surface area contributed by atoms with Crippen LogP contribution < -0.4 is 25.3 Å². The summed E-state index contributed by atoms with van der Waals surface area (Å²) in [5.74, 6) is 0.0849. The molecule has 0 radical (unpaired) electrons. The Kier molecular flexibility index (Phi) is 7.92. The van der Waals surface area contributed by atoms with Crippen LogP contribution in [0.2, 0.25) is 0 Å². The number of rotatable bonds is 5. The lowest BCUT2D eigenvalue weighted by atomic mass is 10.1. The van der Waals surface area contributed by atoms with Gasteiger partial charge in [0, 0.05) is 76.8 Å². The van der Waals surface area contributed by atoms with Crippen LogP contribution in [-0.4, -0.2) is 106 Å². The quantitative estimate of drug-likeness (QED) is 0.496. The highest BCUT2D eigenvalue weighted by Crippen LogP contribution is 2.28. The van der Waals surface area contributed by atoms with Gasteiger partial charge in [-0.15, -0.1) is 0 Å².